The number of benzene rings is 2. The maximum Gasteiger partial charge on any atom is 0.305 e. The van der Waals surface area contributed by atoms with Crippen molar-refractivity contribution in [2.24, 2.45) is 0 Å². The maximum absolute atomic E-state index is 12.6. The van der Waals surface area contributed by atoms with Gasteiger partial charge in [-0.25, -0.2) is 0 Å². The van der Waals surface area contributed by atoms with Crippen LogP contribution in [-0.4, -0.2) is 24.1 Å². The zero-order chi connectivity index (χ0) is 18.8. The van der Waals surface area contributed by atoms with Crippen molar-refractivity contribution in [3.63, 3.8) is 0 Å². The summed E-state index contributed by atoms with van der Waals surface area (Å²) in [5.74, 6) is 0.969. The lowest BCUT2D eigenvalue weighted by Crippen LogP contribution is -2.14. The summed E-state index contributed by atoms with van der Waals surface area (Å²) in [5, 5.41) is 2.86. The number of carbonyl (C=O) groups excluding carboxylic acids is 1. The lowest BCUT2D eigenvalue weighted by molar-refractivity contribution is 0.102. The molecule has 0 unspecified atom stereocenters. The van der Waals surface area contributed by atoms with Crippen LogP contribution >= 0.6 is 11.3 Å². The first kappa shape index (κ1) is 17.6. The Morgan fingerprint density at radius 2 is 1.96 bits per heavy atom. The minimum atomic E-state index is -0.247. The molecule has 1 amide bonds. The number of rotatable bonds is 5. The summed E-state index contributed by atoms with van der Waals surface area (Å²) in [6.45, 7) is 0. The number of hydrogen-bond donors (Lipinski definition) is 2. The Kier molecular flexibility index (Phi) is 4.85. The normalized spacial score (nSPS) is 14.4. The first-order valence-corrected chi connectivity index (χ1v) is 9.73. The number of ether oxygens (including phenoxy) is 2. The van der Waals surface area contributed by atoms with Crippen molar-refractivity contribution in [1.29, 1.82) is 0 Å². The lowest BCUT2D eigenvalue weighted by Gasteiger charge is -2.16. The zero-order valence-corrected chi connectivity index (χ0v) is 15.7. The van der Waals surface area contributed by atoms with Gasteiger partial charge in [-0.15, -0.1) is 0 Å². The third-order valence-corrected chi connectivity index (χ3v) is 5.55. The van der Waals surface area contributed by atoms with E-state index in [1.54, 1.807) is 43.5 Å². The van der Waals surface area contributed by atoms with Crippen LogP contribution in [0.1, 0.15) is 36.0 Å². The molecule has 1 saturated carbocycles. The molecule has 0 atom stereocenters. The Bertz CT molecular complexity index is 1030. The summed E-state index contributed by atoms with van der Waals surface area (Å²) in [6.07, 6.45) is 4.71. The molecule has 4 rings (SSSR count). The second-order valence-electron chi connectivity index (χ2n) is 6.57. The van der Waals surface area contributed by atoms with Crippen LogP contribution < -0.4 is 19.7 Å². The third kappa shape index (κ3) is 3.83. The molecular formula is C20H20N2O4S. The van der Waals surface area contributed by atoms with Gasteiger partial charge in [0.2, 0.25) is 0 Å². The van der Waals surface area contributed by atoms with E-state index in [1.165, 1.54) is 12.8 Å². The quantitative estimate of drug-likeness (QED) is 0.692. The molecular weight excluding hydrogens is 364 g/mol. The van der Waals surface area contributed by atoms with E-state index >= 15 is 0 Å². The van der Waals surface area contributed by atoms with Crippen LogP contribution in [-0.2, 0) is 0 Å². The molecule has 1 heterocycles. The second kappa shape index (κ2) is 7.44. The fourth-order valence-electron chi connectivity index (χ4n) is 3.32. The van der Waals surface area contributed by atoms with Gasteiger partial charge in [0.15, 0.2) is 11.5 Å². The summed E-state index contributed by atoms with van der Waals surface area (Å²) in [7, 11) is 1.57. The topological polar surface area (TPSA) is 80.4 Å². The van der Waals surface area contributed by atoms with Gasteiger partial charge in [0.25, 0.3) is 5.91 Å². The van der Waals surface area contributed by atoms with E-state index in [2.05, 4.69) is 10.3 Å². The predicted octanol–water partition coefficient (Wildman–Crippen LogP) is 4.17. The Hall–Kier alpha value is -2.80. The van der Waals surface area contributed by atoms with Crippen LogP contribution in [0, 0.1) is 0 Å². The minimum Gasteiger partial charge on any atom is -0.493 e. The van der Waals surface area contributed by atoms with E-state index < -0.39 is 0 Å². The molecule has 0 spiro atoms. The molecule has 1 fully saturated rings. The monoisotopic (exact) mass is 384 g/mol. The fraction of sp³-hybridized carbons (Fsp3) is 0.300. The highest BCUT2D eigenvalue weighted by atomic mass is 32.1. The van der Waals surface area contributed by atoms with Crippen LogP contribution in [0.5, 0.6) is 11.5 Å². The van der Waals surface area contributed by atoms with Gasteiger partial charge in [0.05, 0.1) is 23.4 Å². The number of amides is 1. The molecule has 140 valence electrons. The van der Waals surface area contributed by atoms with E-state index in [-0.39, 0.29) is 16.9 Å². The average Bonchev–Trinajstić information content (AvgIpc) is 3.30. The van der Waals surface area contributed by atoms with Gasteiger partial charge in [-0.3, -0.25) is 9.59 Å². The number of H-pyrrole nitrogens is 1. The van der Waals surface area contributed by atoms with Crippen molar-refractivity contribution in [2.45, 2.75) is 31.8 Å². The molecule has 0 aliphatic heterocycles. The highest BCUT2D eigenvalue weighted by Crippen LogP contribution is 2.32. The molecule has 2 N–H and O–H groups in total. The van der Waals surface area contributed by atoms with Gasteiger partial charge in [-0.1, -0.05) is 11.3 Å². The van der Waals surface area contributed by atoms with E-state index in [1.807, 2.05) is 0 Å². The number of carbonyl (C=O) groups is 1. The van der Waals surface area contributed by atoms with Gasteiger partial charge < -0.3 is 19.8 Å². The zero-order valence-electron chi connectivity index (χ0n) is 14.9. The van der Waals surface area contributed by atoms with E-state index in [4.69, 9.17) is 9.47 Å². The Morgan fingerprint density at radius 1 is 1.15 bits per heavy atom. The Morgan fingerprint density at radius 3 is 2.74 bits per heavy atom. The fourth-order valence-corrected chi connectivity index (χ4v) is 4.09. The highest BCUT2D eigenvalue weighted by Gasteiger charge is 2.19. The van der Waals surface area contributed by atoms with E-state index in [9.17, 15) is 9.59 Å². The van der Waals surface area contributed by atoms with Crippen LogP contribution in [0.4, 0.5) is 5.69 Å². The second-order valence-corrected chi connectivity index (χ2v) is 7.58. The van der Waals surface area contributed by atoms with Gasteiger partial charge in [0.1, 0.15) is 0 Å². The summed E-state index contributed by atoms with van der Waals surface area (Å²) in [6, 6.07) is 10.5. The van der Waals surface area contributed by atoms with E-state index in [0.29, 0.717) is 22.7 Å². The molecule has 1 aromatic heterocycles. The first-order valence-electron chi connectivity index (χ1n) is 8.91. The van der Waals surface area contributed by atoms with Crippen molar-refractivity contribution in [3.05, 3.63) is 51.6 Å². The predicted molar refractivity (Wildman–Crippen MR) is 106 cm³/mol. The van der Waals surface area contributed by atoms with Gasteiger partial charge in [-0.2, -0.15) is 0 Å². The molecule has 0 radical (unpaired) electrons. The van der Waals surface area contributed by atoms with Crippen LogP contribution in [0.25, 0.3) is 10.2 Å². The molecule has 1 aliphatic rings. The molecule has 6 nitrogen and oxygen atoms in total. The van der Waals surface area contributed by atoms with Crippen LogP contribution in [0.15, 0.2) is 41.2 Å². The first-order chi connectivity index (χ1) is 13.1. The molecule has 1 aliphatic carbocycles. The number of thiazole rings is 1. The number of hydrogen-bond acceptors (Lipinski definition) is 5. The van der Waals surface area contributed by atoms with Crippen LogP contribution in [0.2, 0.25) is 0 Å². The van der Waals surface area contributed by atoms with Crippen molar-refractivity contribution < 1.29 is 14.3 Å². The smallest absolute Gasteiger partial charge is 0.305 e. The van der Waals surface area contributed by atoms with Crippen LogP contribution in [0.3, 0.4) is 0 Å². The van der Waals surface area contributed by atoms with Gasteiger partial charge >= 0.3 is 4.87 Å². The number of aromatic amines is 1. The summed E-state index contributed by atoms with van der Waals surface area (Å²) in [5.41, 5.74) is 1.87. The minimum absolute atomic E-state index is 0.115. The lowest BCUT2D eigenvalue weighted by atomic mass is 10.1. The molecule has 0 saturated heterocycles. The average molecular weight is 384 g/mol. The molecule has 27 heavy (non-hydrogen) atoms. The Labute approximate surface area is 160 Å². The molecule has 0 bridgehead atoms. The summed E-state index contributed by atoms with van der Waals surface area (Å²) in [4.78, 5) is 26.7. The molecule has 7 heteroatoms. The van der Waals surface area contributed by atoms with Crippen molar-refractivity contribution in [3.8, 4) is 11.5 Å². The number of aromatic nitrogens is 1. The highest BCUT2D eigenvalue weighted by molar-refractivity contribution is 7.16. The van der Waals surface area contributed by atoms with Crippen molar-refractivity contribution in [2.75, 3.05) is 12.4 Å². The largest absolute Gasteiger partial charge is 0.493 e. The standard InChI is InChI=1S/C20H20N2O4S/c1-25-17-10-12(6-9-16(17)26-14-4-2-3-5-14)19(23)21-13-7-8-15-18(11-13)27-20(24)22-15/h6-11,14H,2-5H2,1H3,(H,21,23)(H,22,24). The number of methoxy groups -OCH3 is 1. The van der Waals surface area contributed by atoms with E-state index in [0.717, 1.165) is 34.4 Å². The number of fused-ring (bicyclic) bond motifs is 1. The summed E-state index contributed by atoms with van der Waals surface area (Å²) >= 11 is 1.11. The summed E-state index contributed by atoms with van der Waals surface area (Å²) < 4.78 is 12.2. The molecule has 3 aromatic rings. The molecule has 2 aromatic carbocycles. The SMILES string of the molecule is COc1cc(C(=O)Nc2ccc3[nH]c(=O)sc3c2)ccc1OC1CCCC1. The third-order valence-electron chi connectivity index (χ3n) is 4.70. The van der Waals surface area contributed by atoms with Gasteiger partial charge in [0, 0.05) is 11.3 Å². The number of nitrogens with one attached hydrogen (secondary N) is 2. The van der Waals surface area contributed by atoms with Gasteiger partial charge in [-0.05, 0) is 62.1 Å². The number of anilines is 1. The van der Waals surface area contributed by atoms with Crippen molar-refractivity contribution >= 4 is 33.1 Å². The Balaban J connectivity index is 1.52. The van der Waals surface area contributed by atoms with Crippen molar-refractivity contribution in [1.82, 2.24) is 4.98 Å². The maximum atomic E-state index is 12.6.